The van der Waals surface area contributed by atoms with Gasteiger partial charge < -0.3 is 15.4 Å². The van der Waals surface area contributed by atoms with E-state index in [1.165, 1.54) is 5.56 Å². The van der Waals surface area contributed by atoms with Gasteiger partial charge in [-0.25, -0.2) is 0 Å². The minimum absolute atomic E-state index is 0.320. The lowest BCUT2D eigenvalue weighted by atomic mass is 10.1. The van der Waals surface area contributed by atoms with E-state index in [4.69, 9.17) is 4.74 Å². The van der Waals surface area contributed by atoms with Gasteiger partial charge in [-0.1, -0.05) is 51.0 Å². The summed E-state index contributed by atoms with van der Waals surface area (Å²) in [6.07, 6.45) is 4.29. The fourth-order valence-corrected chi connectivity index (χ4v) is 2.52. The molecule has 0 unspecified atom stereocenters. The van der Waals surface area contributed by atoms with Crippen molar-refractivity contribution in [3.05, 3.63) is 59.7 Å². The van der Waals surface area contributed by atoms with Crippen molar-refractivity contribution in [2.45, 2.75) is 46.1 Å². The van der Waals surface area contributed by atoms with E-state index in [-0.39, 0.29) is 0 Å². The zero-order valence-corrected chi connectivity index (χ0v) is 16.1. The van der Waals surface area contributed by atoms with Gasteiger partial charge in [0.1, 0.15) is 5.75 Å². The van der Waals surface area contributed by atoms with Gasteiger partial charge in [-0.05, 0) is 48.2 Å². The summed E-state index contributed by atoms with van der Waals surface area (Å²) in [6.45, 7) is 5.24. The van der Waals surface area contributed by atoms with E-state index in [9.17, 15) is 9.59 Å². The van der Waals surface area contributed by atoms with E-state index in [1.807, 2.05) is 24.3 Å². The van der Waals surface area contributed by atoms with Gasteiger partial charge >= 0.3 is 11.8 Å². The monoisotopic (exact) mass is 368 g/mol. The molecule has 5 nitrogen and oxygen atoms in total. The van der Waals surface area contributed by atoms with Crippen LogP contribution in [0.3, 0.4) is 0 Å². The zero-order valence-electron chi connectivity index (χ0n) is 16.1. The van der Waals surface area contributed by atoms with E-state index in [1.54, 1.807) is 24.3 Å². The molecule has 0 aromatic heterocycles. The van der Waals surface area contributed by atoms with Crippen molar-refractivity contribution >= 4 is 17.5 Å². The standard InChI is InChI=1S/C22H28N2O3/c1-3-5-6-15-27-20-13-11-19(12-14-20)24-22(26)21(25)23-16-18-9-7-17(4-2)8-10-18/h7-14H,3-6,15-16H2,1-2H3,(H,23,25)(H,24,26). The third kappa shape index (κ3) is 7.13. The highest BCUT2D eigenvalue weighted by Crippen LogP contribution is 2.16. The Labute approximate surface area is 161 Å². The Morgan fingerprint density at radius 1 is 0.852 bits per heavy atom. The number of unbranched alkanes of at least 4 members (excludes halogenated alkanes) is 2. The molecule has 0 saturated heterocycles. The van der Waals surface area contributed by atoms with Crippen LogP contribution in [0, 0.1) is 0 Å². The van der Waals surface area contributed by atoms with Crippen LogP contribution in [-0.4, -0.2) is 18.4 Å². The molecule has 2 rings (SSSR count). The molecule has 0 saturated carbocycles. The van der Waals surface area contributed by atoms with Crippen molar-refractivity contribution in [2.24, 2.45) is 0 Å². The predicted octanol–water partition coefficient (Wildman–Crippen LogP) is 4.07. The van der Waals surface area contributed by atoms with E-state index in [0.717, 1.165) is 37.0 Å². The summed E-state index contributed by atoms with van der Waals surface area (Å²) < 4.78 is 5.63. The summed E-state index contributed by atoms with van der Waals surface area (Å²) in [4.78, 5) is 24.0. The second-order valence-electron chi connectivity index (χ2n) is 6.39. The van der Waals surface area contributed by atoms with Gasteiger partial charge in [0.25, 0.3) is 0 Å². The van der Waals surface area contributed by atoms with Gasteiger partial charge in [0.05, 0.1) is 6.61 Å². The first-order valence-corrected chi connectivity index (χ1v) is 9.52. The van der Waals surface area contributed by atoms with Crippen LogP contribution < -0.4 is 15.4 Å². The Morgan fingerprint density at radius 3 is 2.15 bits per heavy atom. The number of carbonyl (C=O) groups excluding carboxylic acids is 2. The molecule has 27 heavy (non-hydrogen) atoms. The quantitative estimate of drug-likeness (QED) is 0.518. The first kappa shape index (κ1) is 20.5. The van der Waals surface area contributed by atoms with Gasteiger partial charge in [-0.3, -0.25) is 9.59 Å². The van der Waals surface area contributed by atoms with Crippen LogP contribution in [0.25, 0.3) is 0 Å². The van der Waals surface area contributed by atoms with E-state index >= 15 is 0 Å². The number of rotatable bonds is 9. The highest BCUT2D eigenvalue weighted by atomic mass is 16.5. The number of hydrogen-bond acceptors (Lipinski definition) is 3. The highest BCUT2D eigenvalue weighted by Gasteiger charge is 2.13. The Bertz CT molecular complexity index is 724. The maximum atomic E-state index is 12.0. The number of aryl methyl sites for hydroxylation is 1. The maximum Gasteiger partial charge on any atom is 0.313 e. The van der Waals surface area contributed by atoms with Crippen LogP contribution in [0.2, 0.25) is 0 Å². The van der Waals surface area contributed by atoms with Crippen LogP contribution in [0.15, 0.2) is 48.5 Å². The minimum atomic E-state index is -0.684. The van der Waals surface area contributed by atoms with Gasteiger partial charge in [0.2, 0.25) is 0 Å². The molecular formula is C22H28N2O3. The molecule has 0 atom stereocenters. The summed E-state index contributed by atoms with van der Waals surface area (Å²) in [5, 5.41) is 5.23. The molecule has 0 bridgehead atoms. The second-order valence-corrected chi connectivity index (χ2v) is 6.39. The third-order valence-corrected chi connectivity index (χ3v) is 4.22. The van der Waals surface area contributed by atoms with Gasteiger partial charge in [0.15, 0.2) is 0 Å². The first-order valence-electron chi connectivity index (χ1n) is 9.52. The molecule has 2 N–H and O–H groups in total. The number of amides is 2. The van der Waals surface area contributed by atoms with Crippen LogP contribution in [0.5, 0.6) is 5.75 Å². The van der Waals surface area contributed by atoms with Crippen molar-refractivity contribution in [3.8, 4) is 5.75 Å². The Balaban J connectivity index is 1.76. The zero-order chi connectivity index (χ0) is 19.5. The predicted molar refractivity (Wildman–Crippen MR) is 108 cm³/mol. The Morgan fingerprint density at radius 2 is 1.52 bits per heavy atom. The van der Waals surface area contributed by atoms with Gasteiger partial charge in [-0.15, -0.1) is 0 Å². The number of anilines is 1. The molecule has 0 spiro atoms. The number of hydrogen-bond donors (Lipinski definition) is 2. The average Bonchev–Trinajstić information content (AvgIpc) is 2.71. The van der Waals surface area contributed by atoms with Crippen molar-refractivity contribution < 1.29 is 14.3 Å². The fourth-order valence-electron chi connectivity index (χ4n) is 2.52. The summed E-state index contributed by atoms with van der Waals surface area (Å²) in [5.74, 6) is -0.588. The summed E-state index contributed by atoms with van der Waals surface area (Å²) in [5.41, 5.74) is 2.75. The fraction of sp³-hybridized carbons (Fsp3) is 0.364. The molecule has 0 fully saturated rings. The SMILES string of the molecule is CCCCCOc1ccc(NC(=O)C(=O)NCc2ccc(CC)cc2)cc1. The molecule has 2 amide bonds. The normalized spacial score (nSPS) is 10.3. The topological polar surface area (TPSA) is 67.4 Å². The smallest absolute Gasteiger partial charge is 0.313 e. The molecule has 0 radical (unpaired) electrons. The van der Waals surface area contributed by atoms with Crippen LogP contribution >= 0.6 is 0 Å². The number of benzene rings is 2. The molecule has 0 heterocycles. The summed E-state index contributed by atoms with van der Waals surface area (Å²) in [6, 6.07) is 15.0. The van der Waals surface area contributed by atoms with E-state index in [2.05, 4.69) is 24.5 Å². The third-order valence-electron chi connectivity index (χ3n) is 4.22. The Kier molecular flexibility index (Phi) is 8.36. The molecule has 2 aromatic carbocycles. The maximum absolute atomic E-state index is 12.0. The minimum Gasteiger partial charge on any atom is -0.494 e. The first-order chi connectivity index (χ1) is 13.1. The highest BCUT2D eigenvalue weighted by molar-refractivity contribution is 6.39. The largest absolute Gasteiger partial charge is 0.494 e. The molecule has 0 aliphatic heterocycles. The molecule has 144 valence electrons. The molecule has 5 heteroatoms. The average molecular weight is 368 g/mol. The lowest BCUT2D eigenvalue weighted by molar-refractivity contribution is -0.136. The van der Waals surface area contributed by atoms with Gasteiger partial charge in [-0.2, -0.15) is 0 Å². The molecule has 0 aliphatic rings. The number of nitrogens with one attached hydrogen (secondary N) is 2. The van der Waals surface area contributed by atoms with Crippen LogP contribution in [0.4, 0.5) is 5.69 Å². The van der Waals surface area contributed by atoms with E-state index in [0.29, 0.717) is 18.8 Å². The molecule has 2 aromatic rings. The van der Waals surface area contributed by atoms with Gasteiger partial charge in [0, 0.05) is 12.2 Å². The summed E-state index contributed by atoms with van der Waals surface area (Å²) >= 11 is 0. The van der Waals surface area contributed by atoms with E-state index < -0.39 is 11.8 Å². The Hall–Kier alpha value is -2.82. The van der Waals surface area contributed by atoms with Crippen molar-refractivity contribution in [1.82, 2.24) is 5.32 Å². The summed E-state index contributed by atoms with van der Waals surface area (Å²) in [7, 11) is 0. The van der Waals surface area contributed by atoms with Crippen LogP contribution in [0.1, 0.15) is 44.2 Å². The van der Waals surface area contributed by atoms with Crippen molar-refractivity contribution in [3.63, 3.8) is 0 Å². The van der Waals surface area contributed by atoms with Crippen molar-refractivity contribution in [1.29, 1.82) is 0 Å². The lowest BCUT2D eigenvalue weighted by Crippen LogP contribution is -2.34. The number of carbonyl (C=O) groups is 2. The molecular weight excluding hydrogens is 340 g/mol. The second kappa shape index (κ2) is 11.0. The van der Waals surface area contributed by atoms with Crippen molar-refractivity contribution in [2.75, 3.05) is 11.9 Å². The number of ether oxygens (including phenoxy) is 1. The molecule has 0 aliphatic carbocycles. The van der Waals surface area contributed by atoms with Crippen LogP contribution in [-0.2, 0) is 22.6 Å². The lowest BCUT2D eigenvalue weighted by Gasteiger charge is -2.09.